The summed E-state index contributed by atoms with van der Waals surface area (Å²) in [6.45, 7) is 1.83. The Labute approximate surface area is 101 Å². The molecule has 0 fully saturated rings. The largest absolute Gasteiger partial charge is 0.384 e. The van der Waals surface area contributed by atoms with Crippen molar-refractivity contribution in [3.8, 4) is 11.8 Å². The zero-order valence-electron chi connectivity index (χ0n) is 9.40. The second-order valence-corrected chi connectivity index (χ2v) is 4.64. The highest BCUT2D eigenvalue weighted by Crippen LogP contribution is 2.09. The van der Waals surface area contributed by atoms with Crippen molar-refractivity contribution in [1.82, 2.24) is 4.72 Å². The molecule has 5 nitrogen and oxygen atoms in total. The van der Waals surface area contributed by atoms with E-state index in [9.17, 15) is 8.42 Å². The van der Waals surface area contributed by atoms with Crippen LogP contribution in [0.4, 0.5) is 5.69 Å². The fourth-order valence-electron chi connectivity index (χ4n) is 1.14. The number of anilines is 1. The molecule has 0 amide bonds. The number of hydrogen-bond acceptors (Lipinski definition) is 3. The highest BCUT2D eigenvalue weighted by molar-refractivity contribution is 7.90. The molecule has 0 saturated heterocycles. The first-order valence-corrected chi connectivity index (χ1v) is 6.53. The number of aliphatic hydroxyl groups is 1. The molecule has 0 atom stereocenters. The van der Waals surface area contributed by atoms with Crippen molar-refractivity contribution in [2.45, 2.75) is 6.92 Å². The predicted molar refractivity (Wildman–Crippen MR) is 66.6 cm³/mol. The Balaban J connectivity index is 2.75. The number of benzene rings is 1. The van der Waals surface area contributed by atoms with Crippen LogP contribution in [0.25, 0.3) is 0 Å². The summed E-state index contributed by atoms with van der Waals surface area (Å²) in [5.74, 6) is 5.22. The van der Waals surface area contributed by atoms with E-state index >= 15 is 0 Å². The molecule has 0 bridgehead atoms. The lowest BCUT2D eigenvalue weighted by Gasteiger charge is -2.07. The molecule has 0 radical (unpaired) electrons. The first-order valence-electron chi connectivity index (χ1n) is 5.04. The summed E-state index contributed by atoms with van der Waals surface area (Å²) in [5, 5.41) is 8.52. The predicted octanol–water partition coefficient (Wildman–Crippen LogP) is 0.297. The van der Waals surface area contributed by atoms with Gasteiger partial charge in [-0.15, -0.1) is 0 Å². The maximum Gasteiger partial charge on any atom is 0.299 e. The minimum atomic E-state index is -3.49. The highest BCUT2D eigenvalue weighted by atomic mass is 32.2. The fraction of sp³-hybridized carbons (Fsp3) is 0.273. The molecule has 1 rings (SSSR count). The van der Waals surface area contributed by atoms with Crippen molar-refractivity contribution in [3.05, 3.63) is 29.8 Å². The Kier molecular flexibility index (Phi) is 4.97. The van der Waals surface area contributed by atoms with Crippen LogP contribution < -0.4 is 9.44 Å². The molecule has 6 heteroatoms. The average molecular weight is 254 g/mol. The van der Waals surface area contributed by atoms with Crippen molar-refractivity contribution < 1.29 is 13.5 Å². The van der Waals surface area contributed by atoms with Crippen LogP contribution in [0.3, 0.4) is 0 Å². The van der Waals surface area contributed by atoms with Crippen LogP contribution in [-0.4, -0.2) is 26.7 Å². The summed E-state index contributed by atoms with van der Waals surface area (Å²) in [4.78, 5) is 0. The van der Waals surface area contributed by atoms with E-state index in [4.69, 9.17) is 5.11 Å². The number of nitrogens with one attached hydrogen (secondary N) is 2. The maximum absolute atomic E-state index is 11.4. The molecule has 0 unspecified atom stereocenters. The highest BCUT2D eigenvalue weighted by Gasteiger charge is 2.06. The second-order valence-electron chi connectivity index (χ2n) is 3.14. The summed E-state index contributed by atoms with van der Waals surface area (Å²) in [6.07, 6.45) is 0. The topological polar surface area (TPSA) is 78.4 Å². The van der Waals surface area contributed by atoms with Gasteiger partial charge in [0.15, 0.2) is 0 Å². The molecule has 0 aliphatic heterocycles. The van der Waals surface area contributed by atoms with Gasteiger partial charge in [0.1, 0.15) is 6.61 Å². The van der Waals surface area contributed by atoms with Gasteiger partial charge in [-0.3, -0.25) is 4.72 Å². The Bertz CT molecular complexity index is 512. The zero-order chi connectivity index (χ0) is 12.7. The van der Waals surface area contributed by atoms with Gasteiger partial charge in [0.2, 0.25) is 0 Å². The lowest BCUT2D eigenvalue weighted by molar-refractivity contribution is 0.350. The monoisotopic (exact) mass is 254 g/mol. The van der Waals surface area contributed by atoms with E-state index in [1.807, 2.05) is 0 Å². The van der Waals surface area contributed by atoms with Gasteiger partial charge >= 0.3 is 0 Å². The van der Waals surface area contributed by atoms with E-state index in [1.165, 1.54) is 0 Å². The third-order valence-electron chi connectivity index (χ3n) is 1.78. The summed E-state index contributed by atoms with van der Waals surface area (Å²) in [5.41, 5.74) is 1.17. The molecule has 92 valence electrons. The molecule has 0 aromatic heterocycles. The van der Waals surface area contributed by atoms with Gasteiger partial charge < -0.3 is 5.11 Å². The van der Waals surface area contributed by atoms with E-state index in [1.54, 1.807) is 31.2 Å². The number of aliphatic hydroxyl groups excluding tert-OH is 1. The Morgan fingerprint density at radius 2 is 1.94 bits per heavy atom. The minimum absolute atomic E-state index is 0.200. The fourth-order valence-corrected chi connectivity index (χ4v) is 2.04. The molecular weight excluding hydrogens is 240 g/mol. The first kappa shape index (κ1) is 13.5. The smallest absolute Gasteiger partial charge is 0.299 e. The maximum atomic E-state index is 11.4. The molecule has 17 heavy (non-hydrogen) atoms. The Morgan fingerprint density at radius 3 is 2.47 bits per heavy atom. The van der Waals surface area contributed by atoms with Gasteiger partial charge in [-0.1, -0.05) is 18.8 Å². The molecule has 0 aliphatic rings. The zero-order valence-corrected chi connectivity index (χ0v) is 10.2. The van der Waals surface area contributed by atoms with E-state index in [0.29, 0.717) is 17.8 Å². The Morgan fingerprint density at radius 1 is 1.29 bits per heavy atom. The molecule has 0 saturated carbocycles. The van der Waals surface area contributed by atoms with Crippen molar-refractivity contribution in [1.29, 1.82) is 0 Å². The van der Waals surface area contributed by atoms with Crippen molar-refractivity contribution in [2.24, 2.45) is 0 Å². The van der Waals surface area contributed by atoms with Crippen LogP contribution in [0.5, 0.6) is 0 Å². The Hall–Kier alpha value is -1.55. The van der Waals surface area contributed by atoms with Gasteiger partial charge in [-0.25, -0.2) is 0 Å². The normalized spacial score (nSPS) is 10.5. The average Bonchev–Trinajstić information content (AvgIpc) is 2.27. The van der Waals surface area contributed by atoms with Gasteiger partial charge in [-0.2, -0.15) is 13.1 Å². The SMILES string of the molecule is CCNS(=O)(=O)Nc1ccc(C#CCO)cc1. The number of rotatable bonds is 4. The third-order valence-corrected chi connectivity index (χ3v) is 2.96. The van der Waals surface area contributed by atoms with Crippen LogP contribution >= 0.6 is 0 Å². The lowest BCUT2D eigenvalue weighted by Crippen LogP contribution is -2.29. The third kappa shape index (κ3) is 4.87. The van der Waals surface area contributed by atoms with Gasteiger partial charge in [0.05, 0.1) is 0 Å². The second kappa shape index (κ2) is 6.25. The summed E-state index contributed by atoms with van der Waals surface area (Å²) < 4.78 is 27.4. The summed E-state index contributed by atoms with van der Waals surface area (Å²) in [7, 11) is -3.49. The molecule has 1 aromatic rings. The van der Waals surface area contributed by atoms with Crippen LogP contribution in [0.1, 0.15) is 12.5 Å². The molecule has 0 spiro atoms. The minimum Gasteiger partial charge on any atom is -0.384 e. The van der Waals surface area contributed by atoms with Crippen molar-refractivity contribution in [2.75, 3.05) is 17.9 Å². The molecule has 3 N–H and O–H groups in total. The van der Waals surface area contributed by atoms with E-state index in [2.05, 4.69) is 21.3 Å². The van der Waals surface area contributed by atoms with Crippen molar-refractivity contribution in [3.63, 3.8) is 0 Å². The van der Waals surface area contributed by atoms with Crippen LogP contribution in [0, 0.1) is 11.8 Å². The number of hydrogen-bond donors (Lipinski definition) is 3. The van der Waals surface area contributed by atoms with Crippen LogP contribution in [-0.2, 0) is 10.2 Å². The van der Waals surface area contributed by atoms with Crippen molar-refractivity contribution >= 4 is 15.9 Å². The molecule has 1 aromatic carbocycles. The van der Waals surface area contributed by atoms with E-state index in [0.717, 1.165) is 0 Å². The van der Waals surface area contributed by atoms with E-state index in [-0.39, 0.29) is 6.61 Å². The van der Waals surface area contributed by atoms with Crippen LogP contribution in [0.15, 0.2) is 24.3 Å². The first-order chi connectivity index (χ1) is 8.07. The summed E-state index contributed by atoms with van der Waals surface area (Å²) in [6, 6.07) is 6.56. The van der Waals surface area contributed by atoms with Crippen LogP contribution in [0.2, 0.25) is 0 Å². The van der Waals surface area contributed by atoms with Gasteiger partial charge in [0, 0.05) is 17.8 Å². The van der Waals surface area contributed by atoms with Gasteiger partial charge in [-0.05, 0) is 24.3 Å². The standard InChI is InChI=1S/C11H14N2O3S/c1-2-12-17(15,16)13-11-7-5-10(6-8-11)4-3-9-14/h5-8,12-14H,2,9H2,1H3. The molecule has 0 aliphatic carbocycles. The quantitative estimate of drug-likeness (QED) is 0.676. The lowest BCUT2D eigenvalue weighted by atomic mass is 10.2. The van der Waals surface area contributed by atoms with Gasteiger partial charge in [0.25, 0.3) is 10.2 Å². The molecule has 0 heterocycles. The molecular formula is C11H14N2O3S. The van der Waals surface area contributed by atoms with E-state index < -0.39 is 10.2 Å². The summed E-state index contributed by atoms with van der Waals surface area (Å²) >= 11 is 0.